The molecule has 0 bridgehead atoms. The van der Waals surface area contributed by atoms with E-state index in [4.69, 9.17) is 21.1 Å². The molecule has 0 amide bonds. The Bertz CT molecular complexity index is 3890. The Balaban J connectivity index is 0.000000229. The molecule has 2 N–H and O–H groups in total. The third-order valence-electron chi connectivity index (χ3n) is 11.9. The number of halogens is 10. The Kier molecular flexibility index (Phi) is 18.7. The van der Waals surface area contributed by atoms with Crippen LogP contribution in [0.1, 0.15) is 16.7 Å². The molecular weight excluding hydrogens is 1190 g/mol. The maximum atomic E-state index is 15.3. The first-order valence-corrected chi connectivity index (χ1v) is 27.5. The number of benzene rings is 9. The van der Waals surface area contributed by atoms with E-state index in [1.54, 1.807) is 60.7 Å². The fraction of sp³-hybridized carbons (Fsp3) is 0.0526. The van der Waals surface area contributed by atoms with Crippen LogP contribution in [0.25, 0.3) is 0 Å². The molecule has 0 heterocycles. The van der Waals surface area contributed by atoms with Gasteiger partial charge in [0.15, 0.2) is 14.3 Å². The molecular formula is C57H37ClF9N3O12P2. The monoisotopic (exact) mass is 1220 g/mol. The zero-order valence-electron chi connectivity index (χ0n) is 42.2. The minimum atomic E-state index is -5.13. The first-order valence-electron chi connectivity index (χ1n) is 23.7. The molecule has 0 aliphatic carbocycles. The number of nitrogens with zero attached hydrogens (tertiary/aromatic N) is 3. The molecule has 9 aromatic carbocycles. The van der Waals surface area contributed by atoms with Crippen LogP contribution in [0.15, 0.2) is 212 Å². The van der Waals surface area contributed by atoms with Gasteiger partial charge in [0.1, 0.15) is 45.6 Å². The number of aromatic hydroxyl groups is 2. The van der Waals surface area contributed by atoms with Crippen molar-refractivity contribution >= 4 is 74.8 Å². The Labute approximate surface area is 473 Å². The van der Waals surface area contributed by atoms with Gasteiger partial charge in [-0.25, -0.2) is 0 Å². The van der Waals surface area contributed by atoms with Crippen LogP contribution < -0.4 is 41.3 Å². The Morgan fingerprint density at radius 3 is 1.12 bits per heavy atom. The summed E-state index contributed by atoms with van der Waals surface area (Å²) in [6.07, 6.45) is -14.9. The second kappa shape index (κ2) is 25.3. The average molecular weight is 1220 g/mol. The molecule has 432 valence electrons. The van der Waals surface area contributed by atoms with Gasteiger partial charge in [0, 0.05) is 57.6 Å². The van der Waals surface area contributed by atoms with E-state index < -0.39 is 104 Å². The van der Waals surface area contributed by atoms with Crippen molar-refractivity contribution in [2.45, 2.75) is 18.5 Å². The number of hydrogen-bond acceptors (Lipinski definition) is 12. The lowest BCUT2D eigenvalue weighted by Gasteiger charge is -2.24. The van der Waals surface area contributed by atoms with E-state index in [0.717, 1.165) is 54.6 Å². The predicted molar refractivity (Wildman–Crippen MR) is 294 cm³/mol. The van der Waals surface area contributed by atoms with Crippen molar-refractivity contribution in [2.24, 2.45) is 0 Å². The summed E-state index contributed by atoms with van der Waals surface area (Å²) in [6, 6.07) is 46.4. The quantitative estimate of drug-likeness (QED) is 0.0362. The lowest BCUT2D eigenvalue weighted by molar-refractivity contribution is -0.385. The summed E-state index contributed by atoms with van der Waals surface area (Å²) < 4.78 is 161. The summed E-state index contributed by atoms with van der Waals surface area (Å²) >= 11 is 5.24. The van der Waals surface area contributed by atoms with Crippen molar-refractivity contribution in [3.05, 3.63) is 264 Å². The number of phenolic OH excluding ortho intramolecular Hbond substituents is 2. The third-order valence-corrected chi connectivity index (χ3v) is 18.4. The number of nitro benzene ring substituents is 3. The summed E-state index contributed by atoms with van der Waals surface area (Å²) in [5, 5.41) is 53.5. The van der Waals surface area contributed by atoms with Gasteiger partial charge >= 0.3 is 18.5 Å². The molecule has 0 radical (unpaired) electrons. The molecule has 84 heavy (non-hydrogen) atoms. The van der Waals surface area contributed by atoms with E-state index >= 15 is 4.57 Å². The van der Waals surface area contributed by atoms with Crippen molar-refractivity contribution in [1.29, 1.82) is 0 Å². The number of rotatable bonds is 13. The first kappa shape index (κ1) is 62.1. The van der Waals surface area contributed by atoms with Crippen LogP contribution in [-0.4, -0.2) is 25.0 Å². The summed E-state index contributed by atoms with van der Waals surface area (Å²) in [6.45, 7) is 0. The molecule has 15 nitrogen and oxygen atoms in total. The average Bonchev–Trinajstić information content (AvgIpc) is 1.61. The molecule has 0 atom stereocenters. The first-order chi connectivity index (χ1) is 39.5. The van der Waals surface area contributed by atoms with Crippen molar-refractivity contribution in [3.63, 3.8) is 0 Å². The highest BCUT2D eigenvalue weighted by Gasteiger charge is 2.40. The SMILES string of the molecule is O=P(c1ccccc1)(c1ccccc1)c1cc(O)ccc1O.O=[N+]([O-])c1ccc(Cl)c(C(F)(F)F)c1.O=[N+]([O-])c1ccc(Oc2ccc(Oc3ccc([N+](=O)[O-])cc3C(F)(F)F)c(P(=O)(c3ccccc3)c3ccccc3)c2)c(C(F)(F)F)c1. The third kappa shape index (κ3) is 14.2. The van der Waals surface area contributed by atoms with Gasteiger partial charge < -0.3 is 28.8 Å². The molecule has 0 saturated carbocycles. The van der Waals surface area contributed by atoms with E-state index in [1.807, 2.05) is 36.4 Å². The van der Waals surface area contributed by atoms with Gasteiger partial charge in [-0.2, -0.15) is 39.5 Å². The number of alkyl halides is 9. The maximum Gasteiger partial charge on any atom is 0.420 e. The largest absolute Gasteiger partial charge is 0.508 e. The van der Waals surface area contributed by atoms with Crippen LogP contribution in [0.4, 0.5) is 56.6 Å². The number of non-ortho nitro benzene ring substituents is 3. The Morgan fingerprint density at radius 1 is 0.393 bits per heavy atom. The molecule has 0 aliphatic rings. The van der Waals surface area contributed by atoms with Crippen LogP contribution in [0.5, 0.6) is 34.5 Å². The zero-order valence-corrected chi connectivity index (χ0v) is 44.7. The fourth-order valence-electron chi connectivity index (χ4n) is 8.04. The molecule has 27 heteroatoms. The number of nitro groups is 3. The van der Waals surface area contributed by atoms with Crippen LogP contribution in [0.2, 0.25) is 5.02 Å². The van der Waals surface area contributed by atoms with Gasteiger partial charge in [-0.3, -0.25) is 30.3 Å². The molecule has 0 saturated heterocycles. The minimum Gasteiger partial charge on any atom is -0.508 e. The normalized spacial score (nSPS) is 11.7. The van der Waals surface area contributed by atoms with Crippen LogP contribution in [-0.2, 0) is 27.7 Å². The van der Waals surface area contributed by atoms with Crippen LogP contribution >= 0.6 is 25.9 Å². The predicted octanol–water partition coefficient (Wildman–Crippen LogP) is 14.8. The molecule has 9 rings (SSSR count). The van der Waals surface area contributed by atoms with Crippen LogP contribution in [0, 0.1) is 30.3 Å². The van der Waals surface area contributed by atoms with E-state index in [9.17, 15) is 84.6 Å². The van der Waals surface area contributed by atoms with E-state index in [0.29, 0.717) is 16.7 Å². The topological polar surface area (TPSA) is 222 Å². The second-order valence-corrected chi connectivity index (χ2v) is 23.2. The molecule has 0 unspecified atom stereocenters. The van der Waals surface area contributed by atoms with Gasteiger partial charge in [-0.05, 0) is 54.6 Å². The van der Waals surface area contributed by atoms with Gasteiger partial charge in [0.2, 0.25) is 0 Å². The molecule has 0 aromatic heterocycles. The lowest BCUT2D eigenvalue weighted by atomic mass is 10.1. The Morgan fingerprint density at radius 2 is 0.738 bits per heavy atom. The van der Waals surface area contributed by atoms with E-state index in [1.165, 1.54) is 42.5 Å². The smallest absolute Gasteiger partial charge is 0.420 e. The highest BCUT2D eigenvalue weighted by Crippen LogP contribution is 2.50. The van der Waals surface area contributed by atoms with E-state index in [2.05, 4.69) is 0 Å². The van der Waals surface area contributed by atoms with Gasteiger partial charge in [0.25, 0.3) is 17.1 Å². The lowest BCUT2D eigenvalue weighted by Crippen LogP contribution is -2.26. The fourth-order valence-corrected chi connectivity index (χ4v) is 13.8. The minimum absolute atomic E-state index is 0.0279. The highest BCUT2D eigenvalue weighted by atomic mass is 35.5. The molecule has 0 fully saturated rings. The van der Waals surface area contributed by atoms with Crippen molar-refractivity contribution in [3.8, 4) is 34.5 Å². The molecule has 9 aromatic rings. The van der Waals surface area contributed by atoms with Crippen LogP contribution in [0.3, 0.4) is 0 Å². The van der Waals surface area contributed by atoms with Crippen molar-refractivity contribution in [1.82, 2.24) is 0 Å². The standard InChI is InChI=1S/C32H19F6N2O7P.C18H15O3P.C7H3ClF3NO2/c33-31(34,35)25-17-20(39(41)42)11-14-27(25)46-22-13-16-29(47-28-15-12-21(40(43)44)18-26(28)32(36,37)38)30(19-22)48(45,23-7-3-1-4-8-23)24-9-5-2-6-10-24;19-14-11-12-17(20)18(13-14)22(21,15-7-3-1-4-8-15)16-9-5-2-6-10-16;8-6-2-1-4(12(13)14)3-5(6)7(9,10)11/h1-19H;1-13,19-20H;1-3H. The zero-order chi connectivity index (χ0) is 61.4. The van der Waals surface area contributed by atoms with Gasteiger partial charge in [-0.1, -0.05) is 133 Å². The highest BCUT2D eigenvalue weighted by molar-refractivity contribution is 7.86. The summed E-state index contributed by atoms with van der Waals surface area (Å²) in [7, 11) is -7.39. The summed E-state index contributed by atoms with van der Waals surface area (Å²) in [5.74, 6) is -2.66. The van der Waals surface area contributed by atoms with Gasteiger partial charge in [-0.15, -0.1) is 0 Å². The number of ether oxygens (including phenoxy) is 2. The number of phenols is 2. The van der Waals surface area contributed by atoms with Crippen molar-refractivity contribution < 1.29 is 83.1 Å². The maximum absolute atomic E-state index is 15.3. The Hall–Kier alpha value is -9.50. The number of hydrogen-bond donors (Lipinski definition) is 2. The molecule has 0 aliphatic heterocycles. The molecule has 0 spiro atoms. The summed E-state index contributed by atoms with van der Waals surface area (Å²) in [5.41, 5.74) is -6.58. The van der Waals surface area contributed by atoms with Gasteiger partial charge in [0.05, 0.1) is 36.0 Å². The second-order valence-electron chi connectivity index (χ2n) is 17.4. The van der Waals surface area contributed by atoms with E-state index in [-0.39, 0.29) is 50.6 Å². The summed E-state index contributed by atoms with van der Waals surface area (Å²) in [4.78, 5) is 29.6. The van der Waals surface area contributed by atoms with Crippen molar-refractivity contribution in [2.75, 3.05) is 0 Å².